The highest BCUT2D eigenvalue weighted by atomic mass is 35.5. The largest absolute Gasteiger partial charge is 0.342 e. The topological polar surface area (TPSA) is 76.0 Å². The van der Waals surface area contributed by atoms with Crippen molar-refractivity contribution in [3.63, 3.8) is 0 Å². The van der Waals surface area contributed by atoms with E-state index < -0.39 is 17.8 Å². The summed E-state index contributed by atoms with van der Waals surface area (Å²) in [6.45, 7) is 2.64. The number of aromatic nitrogens is 2. The maximum atomic E-state index is 13.1. The van der Waals surface area contributed by atoms with Gasteiger partial charge in [0.25, 0.3) is 5.91 Å². The molecule has 0 radical (unpaired) electrons. The van der Waals surface area contributed by atoms with Gasteiger partial charge in [0.1, 0.15) is 5.82 Å². The van der Waals surface area contributed by atoms with Gasteiger partial charge in [0.15, 0.2) is 5.69 Å². The maximum Gasteiger partial charge on any atom is 0.342 e. The van der Waals surface area contributed by atoms with Crippen LogP contribution in [-0.4, -0.2) is 28.3 Å². The number of halogens is 2. The number of carbonyl (C=O) groups is 2. The highest BCUT2D eigenvalue weighted by Gasteiger charge is 2.13. The van der Waals surface area contributed by atoms with Crippen molar-refractivity contribution in [1.29, 1.82) is 0 Å². The SMILES string of the molecule is CCCCCNC(=O)n1ccc(C(=O)Nc2ccc(F)c(Cl)c2)n1. The van der Waals surface area contributed by atoms with Crippen LogP contribution in [0.2, 0.25) is 5.02 Å². The lowest BCUT2D eigenvalue weighted by atomic mass is 10.2. The Morgan fingerprint density at radius 3 is 2.79 bits per heavy atom. The molecule has 0 fully saturated rings. The Morgan fingerprint density at radius 1 is 1.29 bits per heavy atom. The molecule has 2 rings (SSSR count). The van der Waals surface area contributed by atoms with Gasteiger partial charge in [0, 0.05) is 18.4 Å². The molecule has 0 saturated carbocycles. The minimum absolute atomic E-state index is 0.0687. The Morgan fingerprint density at radius 2 is 2.08 bits per heavy atom. The lowest BCUT2D eigenvalue weighted by molar-refractivity contribution is 0.102. The van der Waals surface area contributed by atoms with E-state index in [4.69, 9.17) is 11.6 Å². The van der Waals surface area contributed by atoms with Gasteiger partial charge in [-0.25, -0.2) is 9.18 Å². The highest BCUT2D eigenvalue weighted by molar-refractivity contribution is 6.31. The molecule has 2 aromatic rings. The number of carbonyl (C=O) groups excluding carboxylic acids is 2. The van der Waals surface area contributed by atoms with E-state index in [1.807, 2.05) is 0 Å². The van der Waals surface area contributed by atoms with Crippen LogP contribution in [0.25, 0.3) is 0 Å². The van der Waals surface area contributed by atoms with E-state index in [1.54, 1.807) is 0 Å². The summed E-state index contributed by atoms with van der Waals surface area (Å²) in [7, 11) is 0. The summed E-state index contributed by atoms with van der Waals surface area (Å²) in [4.78, 5) is 24.0. The number of nitrogens with one attached hydrogen (secondary N) is 2. The van der Waals surface area contributed by atoms with Crippen LogP contribution in [0.1, 0.15) is 36.7 Å². The van der Waals surface area contributed by atoms with Crippen molar-refractivity contribution in [1.82, 2.24) is 15.1 Å². The zero-order valence-corrected chi connectivity index (χ0v) is 13.9. The van der Waals surface area contributed by atoms with Crippen LogP contribution in [0, 0.1) is 5.82 Å². The quantitative estimate of drug-likeness (QED) is 0.779. The van der Waals surface area contributed by atoms with Crippen molar-refractivity contribution in [2.75, 3.05) is 11.9 Å². The number of unbranched alkanes of at least 4 members (excludes halogenated alkanes) is 2. The minimum Gasteiger partial charge on any atom is -0.336 e. The summed E-state index contributed by atoms with van der Waals surface area (Å²) >= 11 is 5.66. The van der Waals surface area contributed by atoms with E-state index in [9.17, 15) is 14.0 Å². The Hall–Kier alpha value is -2.41. The molecule has 0 spiro atoms. The summed E-state index contributed by atoms with van der Waals surface area (Å²) in [5.41, 5.74) is 0.407. The van der Waals surface area contributed by atoms with Crippen molar-refractivity contribution in [2.24, 2.45) is 0 Å². The van der Waals surface area contributed by atoms with Crippen LogP contribution < -0.4 is 10.6 Å². The Balaban J connectivity index is 1.95. The molecule has 6 nitrogen and oxygen atoms in total. The predicted molar refractivity (Wildman–Crippen MR) is 89.9 cm³/mol. The smallest absolute Gasteiger partial charge is 0.336 e. The van der Waals surface area contributed by atoms with E-state index >= 15 is 0 Å². The van der Waals surface area contributed by atoms with Gasteiger partial charge in [-0.2, -0.15) is 9.78 Å². The Labute approximate surface area is 144 Å². The number of amides is 2. The third-order valence-electron chi connectivity index (χ3n) is 3.26. The van der Waals surface area contributed by atoms with Gasteiger partial charge in [-0.3, -0.25) is 4.79 Å². The van der Waals surface area contributed by atoms with Gasteiger partial charge in [0.2, 0.25) is 0 Å². The van der Waals surface area contributed by atoms with Crippen molar-refractivity contribution in [3.05, 3.63) is 47.0 Å². The Kier molecular flexibility index (Phi) is 6.31. The minimum atomic E-state index is -0.571. The predicted octanol–water partition coefficient (Wildman–Crippen LogP) is 3.68. The van der Waals surface area contributed by atoms with Crippen LogP contribution >= 0.6 is 11.6 Å². The molecule has 0 aliphatic carbocycles. The monoisotopic (exact) mass is 352 g/mol. The number of rotatable bonds is 6. The summed E-state index contributed by atoms with van der Waals surface area (Å²) < 4.78 is 14.2. The number of hydrogen-bond acceptors (Lipinski definition) is 3. The van der Waals surface area contributed by atoms with Crippen molar-refractivity contribution >= 4 is 29.2 Å². The molecule has 0 saturated heterocycles. The molecule has 0 aliphatic rings. The average molecular weight is 353 g/mol. The molecule has 0 aliphatic heterocycles. The molecule has 8 heteroatoms. The van der Waals surface area contributed by atoms with Gasteiger partial charge in [-0.05, 0) is 30.7 Å². The molecule has 0 atom stereocenters. The molecule has 0 bridgehead atoms. The lowest BCUT2D eigenvalue weighted by Gasteiger charge is -2.05. The van der Waals surface area contributed by atoms with E-state index in [-0.39, 0.29) is 10.7 Å². The first kappa shape index (κ1) is 17.9. The number of anilines is 1. The second-order valence-corrected chi connectivity index (χ2v) is 5.57. The molecular formula is C16H18ClFN4O2. The number of benzene rings is 1. The molecule has 2 N–H and O–H groups in total. The zero-order valence-electron chi connectivity index (χ0n) is 13.2. The summed E-state index contributed by atoms with van der Waals surface area (Å²) in [5.74, 6) is -1.09. The van der Waals surface area contributed by atoms with E-state index in [0.717, 1.165) is 30.0 Å². The second-order valence-electron chi connectivity index (χ2n) is 5.17. The van der Waals surface area contributed by atoms with Crippen molar-refractivity contribution < 1.29 is 14.0 Å². The molecule has 128 valence electrons. The van der Waals surface area contributed by atoms with E-state index in [0.29, 0.717) is 12.2 Å². The van der Waals surface area contributed by atoms with Crippen molar-refractivity contribution in [3.8, 4) is 0 Å². The fourth-order valence-electron chi connectivity index (χ4n) is 1.98. The molecule has 2 amide bonds. The highest BCUT2D eigenvalue weighted by Crippen LogP contribution is 2.19. The van der Waals surface area contributed by atoms with E-state index in [2.05, 4.69) is 22.7 Å². The van der Waals surface area contributed by atoms with Crippen LogP contribution in [0.3, 0.4) is 0 Å². The molecule has 1 aromatic heterocycles. The standard InChI is InChI=1S/C16H18ClFN4O2/c1-2-3-4-8-19-16(24)22-9-7-14(21-22)15(23)20-11-5-6-13(18)12(17)10-11/h5-7,9-10H,2-4,8H2,1H3,(H,19,24)(H,20,23). The summed E-state index contributed by atoms with van der Waals surface area (Å²) in [6.07, 6.45) is 4.40. The van der Waals surface area contributed by atoms with Gasteiger partial charge < -0.3 is 10.6 Å². The first-order valence-electron chi connectivity index (χ1n) is 7.61. The molecule has 24 heavy (non-hydrogen) atoms. The summed E-state index contributed by atoms with van der Waals surface area (Å²) in [5, 5.41) is 9.10. The third-order valence-corrected chi connectivity index (χ3v) is 3.55. The van der Waals surface area contributed by atoms with E-state index in [1.165, 1.54) is 24.4 Å². The molecule has 0 unspecified atom stereocenters. The normalized spacial score (nSPS) is 10.5. The second kappa shape index (κ2) is 8.44. The lowest BCUT2D eigenvalue weighted by Crippen LogP contribution is -2.30. The fraction of sp³-hybridized carbons (Fsp3) is 0.312. The van der Waals surface area contributed by atoms with Gasteiger partial charge >= 0.3 is 6.03 Å². The van der Waals surface area contributed by atoms with Crippen LogP contribution in [0.4, 0.5) is 14.9 Å². The number of hydrogen-bond donors (Lipinski definition) is 2. The van der Waals surface area contributed by atoms with Gasteiger partial charge in [0.05, 0.1) is 5.02 Å². The van der Waals surface area contributed by atoms with Gasteiger partial charge in [-0.15, -0.1) is 0 Å². The van der Waals surface area contributed by atoms with Crippen molar-refractivity contribution in [2.45, 2.75) is 26.2 Å². The first-order valence-corrected chi connectivity index (χ1v) is 7.99. The van der Waals surface area contributed by atoms with Crippen LogP contribution in [0.5, 0.6) is 0 Å². The Bertz CT molecular complexity index is 733. The molecule has 1 aromatic carbocycles. The average Bonchev–Trinajstić information content (AvgIpc) is 3.05. The van der Waals surface area contributed by atoms with Crippen LogP contribution in [-0.2, 0) is 0 Å². The van der Waals surface area contributed by atoms with Crippen LogP contribution in [0.15, 0.2) is 30.5 Å². The third kappa shape index (κ3) is 4.79. The fourth-order valence-corrected chi connectivity index (χ4v) is 2.16. The maximum absolute atomic E-state index is 13.1. The molecular weight excluding hydrogens is 335 g/mol. The number of nitrogens with zero attached hydrogens (tertiary/aromatic N) is 2. The molecule has 1 heterocycles. The zero-order chi connectivity index (χ0) is 17.5. The first-order chi connectivity index (χ1) is 11.5. The van der Waals surface area contributed by atoms with Gasteiger partial charge in [-0.1, -0.05) is 31.4 Å². The summed E-state index contributed by atoms with van der Waals surface area (Å²) in [6, 6.07) is 4.87.